The third kappa shape index (κ3) is 6.65. The molecule has 1 fully saturated rings. The number of hydrogen-bond donors (Lipinski definition) is 3. The quantitative estimate of drug-likeness (QED) is 0.344. The molecule has 0 spiro atoms. The molecule has 1 aromatic heterocycles. The molecule has 12 heteroatoms. The van der Waals surface area contributed by atoms with Gasteiger partial charge in [0.25, 0.3) is 5.91 Å². The molecule has 0 radical (unpaired) electrons. The van der Waals surface area contributed by atoms with Crippen LogP contribution in [-0.2, 0) is 21.2 Å². The summed E-state index contributed by atoms with van der Waals surface area (Å²) in [5.74, 6) is -1.16. The zero-order valence-electron chi connectivity index (χ0n) is 25.1. The minimum absolute atomic E-state index is 0.0121. The summed E-state index contributed by atoms with van der Waals surface area (Å²) in [5.41, 5.74) is 8.39. The summed E-state index contributed by atoms with van der Waals surface area (Å²) in [6, 6.07) is 9.45. The normalized spacial score (nSPS) is 20.9. The third-order valence-corrected chi connectivity index (χ3v) is 10.3. The second kappa shape index (κ2) is 11.8. The molecular weight excluding hydrogens is 573 g/mol. The van der Waals surface area contributed by atoms with Crippen LogP contribution in [0.2, 0.25) is 0 Å². The fraction of sp³-hybridized carbons (Fsp3) is 0.484. The van der Waals surface area contributed by atoms with Crippen LogP contribution in [0.1, 0.15) is 55.6 Å². The van der Waals surface area contributed by atoms with Crippen LogP contribution >= 0.6 is 0 Å². The molecule has 5 rings (SSSR count). The molecule has 1 aliphatic heterocycles. The Bertz CT molecular complexity index is 1660. The van der Waals surface area contributed by atoms with Gasteiger partial charge in [-0.25, -0.2) is 21.6 Å². The van der Waals surface area contributed by atoms with Crippen molar-refractivity contribution >= 4 is 38.6 Å². The van der Waals surface area contributed by atoms with E-state index in [1.54, 1.807) is 18.2 Å². The second-order valence-electron chi connectivity index (χ2n) is 12.7. The Kier molecular flexibility index (Phi) is 8.45. The summed E-state index contributed by atoms with van der Waals surface area (Å²) in [7, 11) is 0.124. The first-order valence-electron chi connectivity index (χ1n) is 14.6. The van der Waals surface area contributed by atoms with Crippen LogP contribution in [0.5, 0.6) is 0 Å². The number of likely N-dealkylation sites (N-methyl/N-ethyl adjacent to an activating group) is 1. The Hall–Kier alpha value is -3.64. The summed E-state index contributed by atoms with van der Waals surface area (Å²) < 4.78 is 48.1. The highest BCUT2D eigenvalue weighted by Gasteiger charge is 2.39. The van der Waals surface area contributed by atoms with E-state index < -0.39 is 33.3 Å². The molecule has 2 aromatic carbocycles. The molecule has 3 aromatic rings. The van der Waals surface area contributed by atoms with Gasteiger partial charge in [0.15, 0.2) is 0 Å². The number of halogens is 1. The standard InChI is InChI=1S/C31H40FN5O5S/c1-31(2)17-27-28(24-12-6-20(32)16-26(24)37(27)43(40,41)18-31)19-5-11-23(29(33)38)25(15-19)35-21-7-9-22(10-8-21)42-30(39)34-13-14-36(3)4/h5-6,11-12,15-16,21-22,35H,7-10,13-14,17-18H2,1-4H3,(H2,33,38)(H,34,39)/t21-,22-. The van der Waals surface area contributed by atoms with E-state index >= 15 is 0 Å². The van der Waals surface area contributed by atoms with E-state index in [4.69, 9.17) is 10.5 Å². The molecule has 0 bridgehead atoms. The van der Waals surface area contributed by atoms with Crippen LogP contribution in [0.25, 0.3) is 22.0 Å². The summed E-state index contributed by atoms with van der Waals surface area (Å²) in [5, 5.41) is 6.87. The van der Waals surface area contributed by atoms with Gasteiger partial charge in [-0.1, -0.05) is 19.9 Å². The Labute approximate surface area is 251 Å². The van der Waals surface area contributed by atoms with E-state index in [0.717, 1.165) is 6.54 Å². The van der Waals surface area contributed by atoms with Crippen molar-refractivity contribution in [3.8, 4) is 11.1 Å². The predicted octanol–water partition coefficient (Wildman–Crippen LogP) is 4.32. The maximum atomic E-state index is 14.4. The van der Waals surface area contributed by atoms with Crippen molar-refractivity contribution in [2.75, 3.05) is 38.3 Å². The number of fused-ring (bicyclic) bond motifs is 3. The number of aromatic nitrogens is 1. The lowest BCUT2D eigenvalue weighted by Gasteiger charge is -2.32. The van der Waals surface area contributed by atoms with E-state index in [2.05, 4.69) is 10.6 Å². The lowest BCUT2D eigenvalue weighted by molar-refractivity contribution is 0.0729. The Balaban J connectivity index is 1.42. The van der Waals surface area contributed by atoms with E-state index in [1.165, 1.54) is 16.1 Å². The summed E-state index contributed by atoms with van der Waals surface area (Å²) in [6.45, 7) is 5.05. The number of anilines is 1. The molecule has 2 amide bonds. The van der Waals surface area contributed by atoms with Gasteiger partial charge in [-0.15, -0.1) is 0 Å². The maximum absolute atomic E-state index is 14.4. The topological polar surface area (TPSA) is 136 Å². The van der Waals surface area contributed by atoms with E-state index in [1.807, 2.05) is 38.9 Å². The molecule has 2 aliphatic rings. The van der Waals surface area contributed by atoms with Crippen LogP contribution in [0, 0.1) is 11.2 Å². The number of nitrogens with zero attached hydrogens (tertiary/aromatic N) is 2. The number of carbonyl (C=O) groups is 2. The Morgan fingerprint density at radius 3 is 2.51 bits per heavy atom. The maximum Gasteiger partial charge on any atom is 0.407 e. The van der Waals surface area contributed by atoms with Gasteiger partial charge >= 0.3 is 6.09 Å². The first kappa shape index (κ1) is 30.8. The average Bonchev–Trinajstić information content (AvgIpc) is 3.21. The molecule has 43 heavy (non-hydrogen) atoms. The number of amides is 2. The zero-order chi connectivity index (χ0) is 31.1. The minimum Gasteiger partial charge on any atom is -0.446 e. The molecule has 0 saturated heterocycles. The molecule has 1 aliphatic carbocycles. The summed E-state index contributed by atoms with van der Waals surface area (Å²) in [6.07, 6.45) is 2.63. The fourth-order valence-corrected chi connectivity index (χ4v) is 8.46. The number of rotatable bonds is 8. The lowest BCUT2D eigenvalue weighted by Crippen LogP contribution is -2.37. The lowest BCUT2D eigenvalue weighted by atomic mass is 9.87. The van der Waals surface area contributed by atoms with Crippen LogP contribution in [-0.4, -0.2) is 74.4 Å². The molecule has 232 valence electrons. The Morgan fingerprint density at radius 2 is 1.84 bits per heavy atom. The van der Waals surface area contributed by atoms with Gasteiger partial charge in [0.05, 0.1) is 16.8 Å². The third-order valence-electron chi connectivity index (χ3n) is 8.19. The van der Waals surface area contributed by atoms with Crippen LogP contribution < -0.4 is 16.4 Å². The summed E-state index contributed by atoms with van der Waals surface area (Å²) in [4.78, 5) is 26.5. The van der Waals surface area contributed by atoms with Crippen molar-refractivity contribution in [1.82, 2.24) is 14.2 Å². The van der Waals surface area contributed by atoms with Crippen molar-refractivity contribution < 1.29 is 27.1 Å². The van der Waals surface area contributed by atoms with E-state index in [9.17, 15) is 22.4 Å². The van der Waals surface area contributed by atoms with Gasteiger partial charge in [0.1, 0.15) is 11.9 Å². The van der Waals surface area contributed by atoms with Crippen LogP contribution in [0.15, 0.2) is 36.4 Å². The van der Waals surface area contributed by atoms with Crippen molar-refractivity contribution in [3.05, 3.63) is 53.5 Å². The molecule has 4 N–H and O–H groups in total. The molecule has 0 atom stereocenters. The highest BCUT2D eigenvalue weighted by molar-refractivity contribution is 7.90. The molecule has 0 unspecified atom stereocenters. The average molecular weight is 614 g/mol. The number of alkyl carbamates (subject to hydrolysis) is 1. The van der Waals surface area contributed by atoms with E-state index in [-0.39, 0.29) is 17.9 Å². The zero-order valence-corrected chi connectivity index (χ0v) is 25.9. The minimum atomic E-state index is -3.74. The second-order valence-corrected chi connectivity index (χ2v) is 14.5. The smallest absolute Gasteiger partial charge is 0.407 e. The predicted molar refractivity (Wildman–Crippen MR) is 165 cm³/mol. The van der Waals surface area contributed by atoms with Crippen molar-refractivity contribution in [2.24, 2.45) is 11.1 Å². The highest BCUT2D eigenvalue weighted by Crippen LogP contribution is 2.44. The number of ether oxygens (including phenoxy) is 1. The van der Waals surface area contributed by atoms with Gasteiger partial charge in [0.2, 0.25) is 10.0 Å². The van der Waals surface area contributed by atoms with Crippen molar-refractivity contribution in [2.45, 2.75) is 58.1 Å². The number of benzene rings is 2. The Morgan fingerprint density at radius 1 is 1.12 bits per heavy atom. The number of hydrogen-bond acceptors (Lipinski definition) is 7. The van der Waals surface area contributed by atoms with Gasteiger partial charge in [-0.05, 0) is 87.5 Å². The number of carbonyl (C=O) groups excluding carboxylic acids is 2. The molecule has 1 saturated carbocycles. The monoisotopic (exact) mass is 613 g/mol. The van der Waals surface area contributed by atoms with Crippen LogP contribution in [0.4, 0.5) is 14.9 Å². The molecule has 10 nitrogen and oxygen atoms in total. The van der Waals surface area contributed by atoms with Crippen molar-refractivity contribution in [3.63, 3.8) is 0 Å². The first-order chi connectivity index (χ1) is 20.2. The number of nitrogens with two attached hydrogens (primary N) is 1. The largest absolute Gasteiger partial charge is 0.446 e. The molecule has 2 heterocycles. The SMILES string of the molecule is CN(C)CCNC(=O)O[C@H]1CC[C@H](Nc2cc(-c3c4n(c5cc(F)ccc35)S(=O)(=O)CC(C)(C)C4)ccc2C(N)=O)CC1. The van der Waals surface area contributed by atoms with Crippen LogP contribution in [0.3, 0.4) is 0 Å². The number of nitrogens with one attached hydrogen (secondary N) is 2. The van der Waals surface area contributed by atoms with Gasteiger partial charge < -0.3 is 26.0 Å². The van der Waals surface area contributed by atoms with Gasteiger partial charge in [-0.3, -0.25) is 4.79 Å². The number of primary amides is 1. The first-order valence-corrected chi connectivity index (χ1v) is 16.2. The molecular formula is C31H40FN5O5S. The van der Waals surface area contributed by atoms with Gasteiger partial charge in [-0.2, -0.15) is 0 Å². The fourth-order valence-electron chi connectivity index (χ4n) is 6.30. The highest BCUT2D eigenvalue weighted by atomic mass is 32.2. The summed E-state index contributed by atoms with van der Waals surface area (Å²) >= 11 is 0. The van der Waals surface area contributed by atoms with Gasteiger partial charge in [0, 0.05) is 41.5 Å². The van der Waals surface area contributed by atoms with Crippen molar-refractivity contribution in [1.29, 1.82) is 0 Å². The van der Waals surface area contributed by atoms with E-state index in [0.29, 0.717) is 77.6 Å².